The number of carbonyl (C=O) groups is 1. The number of rotatable bonds is 4. The third-order valence-corrected chi connectivity index (χ3v) is 4.83. The number of nitrogens with one attached hydrogen (secondary N) is 1. The number of anilines is 1. The molecule has 0 saturated heterocycles. The molecule has 0 fully saturated rings. The molecular weight excluding hydrogens is 425 g/mol. The third kappa shape index (κ3) is 4.13. The number of aryl methyl sites for hydroxylation is 1. The standard InChI is InChI=1S/C18H16BrF3N4O/c1-10(9-26-11(2)8-15(25-26)18(20,21)22)17(27)24-14-6-5-13(19)12-4-3-7-23-16(12)14/h3-8,10H,9H2,1-2H3,(H,24,27). The first-order chi connectivity index (χ1) is 12.7. The van der Waals surface area contributed by atoms with Gasteiger partial charge in [0.25, 0.3) is 0 Å². The minimum atomic E-state index is -4.51. The lowest BCUT2D eigenvalue weighted by Gasteiger charge is -2.15. The first kappa shape index (κ1) is 19.3. The summed E-state index contributed by atoms with van der Waals surface area (Å²) in [4.78, 5) is 16.8. The number of hydrogen-bond acceptors (Lipinski definition) is 3. The molecule has 1 amide bonds. The van der Waals surface area contributed by atoms with Crippen molar-refractivity contribution in [3.05, 3.63) is 52.4 Å². The van der Waals surface area contributed by atoms with E-state index in [1.165, 1.54) is 11.6 Å². The highest BCUT2D eigenvalue weighted by Gasteiger charge is 2.34. The highest BCUT2D eigenvalue weighted by atomic mass is 79.9. The number of benzene rings is 1. The average Bonchev–Trinajstić information content (AvgIpc) is 2.98. The quantitative estimate of drug-likeness (QED) is 0.633. The molecule has 2 heterocycles. The van der Waals surface area contributed by atoms with E-state index in [2.05, 4.69) is 31.3 Å². The molecule has 3 aromatic rings. The van der Waals surface area contributed by atoms with Crippen molar-refractivity contribution in [1.82, 2.24) is 14.8 Å². The maximum Gasteiger partial charge on any atom is 0.435 e. The Morgan fingerprint density at radius 2 is 2.07 bits per heavy atom. The monoisotopic (exact) mass is 440 g/mol. The molecule has 1 atom stereocenters. The van der Waals surface area contributed by atoms with Gasteiger partial charge in [0.2, 0.25) is 5.91 Å². The summed E-state index contributed by atoms with van der Waals surface area (Å²) in [5, 5.41) is 7.22. The Morgan fingerprint density at radius 1 is 1.33 bits per heavy atom. The fraction of sp³-hybridized carbons (Fsp3) is 0.278. The van der Waals surface area contributed by atoms with E-state index in [0.29, 0.717) is 16.9 Å². The average molecular weight is 441 g/mol. The Kier molecular flexibility index (Phi) is 5.23. The number of amides is 1. The number of fused-ring (bicyclic) bond motifs is 1. The van der Waals surface area contributed by atoms with E-state index >= 15 is 0 Å². The summed E-state index contributed by atoms with van der Waals surface area (Å²) in [6, 6.07) is 8.16. The van der Waals surface area contributed by atoms with Gasteiger partial charge >= 0.3 is 6.18 Å². The number of carbonyl (C=O) groups excluding carboxylic acids is 1. The summed E-state index contributed by atoms with van der Waals surface area (Å²) in [5.74, 6) is -0.917. The molecule has 0 radical (unpaired) electrons. The van der Waals surface area contributed by atoms with Crippen LogP contribution in [0, 0.1) is 12.8 Å². The second-order valence-electron chi connectivity index (χ2n) is 6.24. The molecule has 5 nitrogen and oxygen atoms in total. The van der Waals surface area contributed by atoms with E-state index in [-0.39, 0.29) is 12.5 Å². The zero-order valence-corrected chi connectivity index (χ0v) is 16.1. The van der Waals surface area contributed by atoms with E-state index in [9.17, 15) is 18.0 Å². The van der Waals surface area contributed by atoms with Crippen LogP contribution in [0.5, 0.6) is 0 Å². The molecule has 1 N–H and O–H groups in total. The SMILES string of the molecule is Cc1cc(C(F)(F)F)nn1CC(C)C(=O)Nc1ccc(Br)c2cccnc12. The van der Waals surface area contributed by atoms with Crippen molar-refractivity contribution < 1.29 is 18.0 Å². The predicted molar refractivity (Wildman–Crippen MR) is 99.2 cm³/mol. The van der Waals surface area contributed by atoms with Crippen LogP contribution in [0.25, 0.3) is 10.9 Å². The largest absolute Gasteiger partial charge is 0.435 e. The van der Waals surface area contributed by atoms with Gasteiger partial charge < -0.3 is 5.32 Å². The predicted octanol–water partition coefficient (Wildman–Crippen LogP) is 4.80. The maximum absolute atomic E-state index is 12.8. The highest BCUT2D eigenvalue weighted by molar-refractivity contribution is 9.10. The molecule has 0 spiro atoms. The van der Waals surface area contributed by atoms with Crippen LogP contribution in [0.4, 0.5) is 18.9 Å². The van der Waals surface area contributed by atoms with E-state index in [1.807, 2.05) is 6.07 Å². The van der Waals surface area contributed by atoms with Crippen LogP contribution in [0.2, 0.25) is 0 Å². The Balaban J connectivity index is 1.78. The summed E-state index contributed by atoms with van der Waals surface area (Å²) in [5.41, 5.74) is 0.550. The number of aromatic nitrogens is 3. The van der Waals surface area contributed by atoms with Crippen LogP contribution in [-0.4, -0.2) is 20.7 Å². The molecule has 0 aliphatic heterocycles. The third-order valence-electron chi connectivity index (χ3n) is 4.14. The van der Waals surface area contributed by atoms with Gasteiger partial charge in [0, 0.05) is 21.7 Å². The van der Waals surface area contributed by atoms with Gasteiger partial charge in [-0.25, -0.2) is 0 Å². The van der Waals surface area contributed by atoms with Gasteiger partial charge in [-0.15, -0.1) is 0 Å². The summed E-state index contributed by atoms with van der Waals surface area (Å²) in [7, 11) is 0. The minimum absolute atomic E-state index is 0.0373. The van der Waals surface area contributed by atoms with Gasteiger partial charge in [-0.2, -0.15) is 18.3 Å². The van der Waals surface area contributed by atoms with Crippen molar-refractivity contribution in [2.24, 2.45) is 5.92 Å². The van der Waals surface area contributed by atoms with Crippen molar-refractivity contribution in [3.63, 3.8) is 0 Å². The second-order valence-corrected chi connectivity index (χ2v) is 7.09. The molecule has 27 heavy (non-hydrogen) atoms. The Bertz CT molecular complexity index is 1000. The Morgan fingerprint density at radius 3 is 2.74 bits per heavy atom. The molecule has 2 aromatic heterocycles. The van der Waals surface area contributed by atoms with Gasteiger partial charge in [0.15, 0.2) is 5.69 Å². The lowest BCUT2D eigenvalue weighted by atomic mass is 10.1. The van der Waals surface area contributed by atoms with Gasteiger partial charge in [-0.3, -0.25) is 14.5 Å². The van der Waals surface area contributed by atoms with Crippen LogP contribution in [-0.2, 0) is 17.5 Å². The van der Waals surface area contributed by atoms with Crippen LogP contribution < -0.4 is 5.32 Å². The molecule has 3 rings (SSSR count). The van der Waals surface area contributed by atoms with E-state index in [4.69, 9.17) is 0 Å². The van der Waals surface area contributed by atoms with Gasteiger partial charge in [-0.1, -0.05) is 28.9 Å². The molecule has 1 unspecified atom stereocenters. The molecule has 0 bridgehead atoms. The van der Waals surface area contributed by atoms with Crippen molar-refractivity contribution in [2.45, 2.75) is 26.6 Å². The van der Waals surface area contributed by atoms with Crippen molar-refractivity contribution in [3.8, 4) is 0 Å². The van der Waals surface area contributed by atoms with Gasteiger partial charge in [-0.05, 0) is 31.2 Å². The molecule has 9 heteroatoms. The zero-order valence-electron chi connectivity index (χ0n) is 14.5. The van der Waals surface area contributed by atoms with Crippen molar-refractivity contribution >= 4 is 38.4 Å². The number of hydrogen-bond donors (Lipinski definition) is 1. The summed E-state index contributed by atoms with van der Waals surface area (Å²) >= 11 is 3.44. The summed E-state index contributed by atoms with van der Waals surface area (Å²) in [6.07, 6.45) is -2.89. The second kappa shape index (κ2) is 7.30. The van der Waals surface area contributed by atoms with Gasteiger partial charge in [0.05, 0.1) is 23.7 Å². The molecule has 0 aliphatic rings. The van der Waals surface area contributed by atoms with Crippen LogP contribution >= 0.6 is 15.9 Å². The number of pyridine rings is 1. The van der Waals surface area contributed by atoms with E-state index in [1.54, 1.807) is 31.3 Å². The molecule has 0 aliphatic carbocycles. The molecule has 142 valence electrons. The molecule has 0 saturated carbocycles. The topological polar surface area (TPSA) is 59.8 Å². The fourth-order valence-corrected chi connectivity index (χ4v) is 3.12. The fourth-order valence-electron chi connectivity index (χ4n) is 2.67. The molecule has 1 aromatic carbocycles. The first-order valence-electron chi connectivity index (χ1n) is 8.12. The Hall–Kier alpha value is -2.42. The zero-order chi connectivity index (χ0) is 19.8. The van der Waals surface area contributed by atoms with Crippen LogP contribution in [0.1, 0.15) is 18.3 Å². The van der Waals surface area contributed by atoms with Crippen LogP contribution in [0.15, 0.2) is 41.0 Å². The number of nitrogens with zero attached hydrogens (tertiary/aromatic N) is 3. The first-order valence-corrected chi connectivity index (χ1v) is 8.92. The Labute approximate surface area is 161 Å². The van der Waals surface area contributed by atoms with E-state index < -0.39 is 17.8 Å². The van der Waals surface area contributed by atoms with Gasteiger partial charge in [0.1, 0.15) is 0 Å². The smallest absolute Gasteiger partial charge is 0.324 e. The van der Waals surface area contributed by atoms with E-state index in [0.717, 1.165) is 15.9 Å². The highest BCUT2D eigenvalue weighted by Crippen LogP contribution is 2.30. The minimum Gasteiger partial charge on any atom is -0.324 e. The number of alkyl halides is 3. The summed E-state index contributed by atoms with van der Waals surface area (Å²) < 4.78 is 40.4. The normalized spacial score (nSPS) is 13.0. The summed E-state index contributed by atoms with van der Waals surface area (Å²) in [6.45, 7) is 3.20. The van der Waals surface area contributed by atoms with Crippen molar-refractivity contribution in [2.75, 3.05) is 5.32 Å². The maximum atomic E-state index is 12.8. The van der Waals surface area contributed by atoms with Crippen LogP contribution in [0.3, 0.4) is 0 Å². The number of halogens is 4. The lowest BCUT2D eigenvalue weighted by Crippen LogP contribution is -2.25. The lowest BCUT2D eigenvalue weighted by molar-refractivity contribution is -0.141. The van der Waals surface area contributed by atoms with Crippen molar-refractivity contribution in [1.29, 1.82) is 0 Å². The molecular formula is C18H16BrF3N4O.